The van der Waals surface area contributed by atoms with E-state index in [4.69, 9.17) is 32.7 Å². The molecule has 0 unspecified atom stereocenters. The summed E-state index contributed by atoms with van der Waals surface area (Å²) in [6.45, 7) is 3.02. The Kier molecular flexibility index (Phi) is 11.2. The molecular weight excluding hydrogens is 613 g/mol. The van der Waals surface area contributed by atoms with Gasteiger partial charge in [-0.2, -0.15) is 0 Å². The Labute approximate surface area is 262 Å². The van der Waals surface area contributed by atoms with E-state index in [-0.39, 0.29) is 44.2 Å². The second kappa shape index (κ2) is 14.8. The number of hydrogen-bond donors (Lipinski definition) is 1. The van der Waals surface area contributed by atoms with Crippen molar-refractivity contribution in [2.45, 2.75) is 38.8 Å². The van der Waals surface area contributed by atoms with Crippen LogP contribution < -0.4 is 19.1 Å². The summed E-state index contributed by atoms with van der Waals surface area (Å²) in [7, 11) is -3.69. The van der Waals surface area contributed by atoms with Crippen LogP contribution in [-0.4, -0.2) is 63.7 Å². The zero-order valence-corrected chi connectivity index (χ0v) is 26.4. The van der Waals surface area contributed by atoms with Crippen molar-refractivity contribution in [2.75, 3.05) is 36.9 Å². The molecule has 0 aromatic heterocycles. The Bertz CT molecular complexity index is 1520. The Morgan fingerprint density at radius 1 is 0.953 bits per heavy atom. The van der Waals surface area contributed by atoms with E-state index >= 15 is 0 Å². The Morgan fingerprint density at radius 3 is 2.28 bits per heavy atom. The standard InChI is InChI=1S/C31H35Cl2N3O6S/c1-3-34-31(38)27(19-22-9-5-4-6-10-22)35(21-24-25(32)11-7-12-26(24)33)30(37)13-8-16-36(43(2,39)40)23-14-15-28-29(20-23)42-18-17-41-28/h4-7,9-12,14-15,20,27H,3,8,13,16-19,21H2,1-2H3,(H,34,38)/t27-/m0/s1. The normalized spacial score (nSPS) is 13.2. The number of benzene rings is 3. The smallest absolute Gasteiger partial charge is 0.243 e. The lowest BCUT2D eigenvalue weighted by molar-refractivity contribution is -0.141. The van der Waals surface area contributed by atoms with E-state index < -0.39 is 16.1 Å². The van der Waals surface area contributed by atoms with Crippen molar-refractivity contribution in [3.05, 3.63) is 87.9 Å². The summed E-state index contributed by atoms with van der Waals surface area (Å²) in [5.74, 6) is 0.361. The van der Waals surface area contributed by atoms with Gasteiger partial charge in [0.25, 0.3) is 0 Å². The van der Waals surface area contributed by atoms with Crippen LogP contribution in [0.2, 0.25) is 10.0 Å². The number of ether oxygens (including phenoxy) is 2. The topological polar surface area (TPSA) is 105 Å². The van der Waals surface area contributed by atoms with Crippen LogP contribution in [-0.2, 0) is 32.6 Å². The second-order valence-corrected chi connectivity index (χ2v) is 12.8. The minimum absolute atomic E-state index is 0.00390. The van der Waals surface area contributed by atoms with E-state index in [1.165, 1.54) is 9.21 Å². The first kappa shape index (κ1) is 32.4. The van der Waals surface area contributed by atoms with Gasteiger partial charge in [-0.25, -0.2) is 8.42 Å². The summed E-state index contributed by atoms with van der Waals surface area (Å²) in [6, 6.07) is 18.6. The van der Waals surface area contributed by atoms with Crippen molar-refractivity contribution in [1.82, 2.24) is 10.2 Å². The third-order valence-corrected chi connectivity index (χ3v) is 8.88. The molecule has 0 aliphatic carbocycles. The number of rotatable bonds is 13. The number of anilines is 1. The zero-order chi connectivity index (χ0) is 31.0. The monoisotopic (exact) mass is 647 g/mol. The Balaban J connectivity index is 1.59. The van der Waals surface area contributed by atoms with Crippen molar-refractivity contribution < 1.29 is 27.5 Å². The number of halogens is 2. The highest BCUT2D eigenvalue weighted by Gasteiger charge is 2.31. The summed E-state index contributed by atoms with van der Waals surface area (Å²) in [6.07, 6.45) is 1.55. The lowest BCUT2D eigenvalue weighted by Gasteiger charge is -2.32. The molecule has 43 heavy (non-hydrogen) atoms. The van der Waals surface area contributed by atoms with Crippen molar-refractivity contribution >= 4 is 50.7 Å². The van der Waals surface area contributed by atoms with E-state index in [0.29, 0.717) is 52.6 Å². The van der Waals surface area contributed by atoms with Crippen molar-refractivity contribution in [1.29, 1.82) is 0 Å². The van der Waals surface area contributed by atoms with Gasteiger partial charge in [0.15, 0.2) is 11.5 Å². The van der Waals surface area contributed by atoms with Crippen LogP contribution in [0.5, 0.6) is 11.5 Å². The molecule has 0 bridgehead atoms. The van der Waals surface area contributed by atoms with Crippen LogP contribution in [0.1, 0.15) is 30.9 Å². The molecule has 1 aliphatic heterocycles. The number of nitrogens with one attached hydrogen (secondary N) is 1. The van der Waals surface area contributed by atoms with Gasteiger partial charge >= 0.3 is 0 Å². The molecule has 0 saturated carbocycles. The number of fused-ring (bicyclic) bond motifs is 1. The summed E-state index contributed by atoms with van der Waals surface area (Å²) < 4.78 is 38.0. The molecule has 12 heteroatoms. The van der Waals surface area contributed by atoms with Gasteiger partial charge in [-0.05, 0) is 43.2 Å². The van der Waals surface area contributed by atoms with Gasteiger partial charge in [-0.15, -0.1) is 0 Å². The molecule has 3 aromatic rings. The minimum atomic E-state index is -3.69. The van der Waals surface area contributed by atoms with Gasteiger partial charge in [-0.3, -0.25) is 13.9 Å². The highest BCUT2D eigenvalue weighted by Crippen LogP contribution is 2.35. The second-order valence-electron chi connectivity index (χ2n) is 10.1. The first-order valence-electron chi connectivity index (χ1n) is 14.0. The fourth-order valence-corrected chi connectivity index (χ4v) is 6.37. The maximum absolute atomic E-state index is 13.9. The maximum atomic E-state index is 13.9. The molecule has 230 valence electrons. The predicted octanol–water partition coefficient (Wildman–Crippen LogP) is 5.09. The fraction of sp³-hybridized carbons (Fsp3) is 0.355. The van der Waals surface area contributed by atoms with Crippen LogP contribution in [0, 0.1) is 0 Å². The predicted molar refractivity (Wildman–Crippen MR) is 168 cm³/mol. The van der Waals surface area contributed by atoms with Gasteiger partial charge in [0.2, 0.25) is 21.8 Å². The molecule has 0 spiro atoms. The lowest BCUT2D eigenvalue weighted by atomic mass is 10.0. The van der Waals surface area contributed by atoms with Gasteiger partial charge in [0, 0.05) is 54.2 Å². The fourth-order valence-electron chi connectivity index (χ4n) is 4.89. The van der Waals surface area contributed by atoms with E-state index in [9.17, 15) is 18.0 Å². The van der Waals surface area contributed by atoms with Crippen LogP contribution in [0.15, 0.2) is 66.7 Å². The van der Waals surface area contributed by atoms with Crippen LogP contribution in [0.3, 0.4) is 0 Å². The molecule has 2 amide bonds. The molecule has 0 fully saturated rings. The molecule has 1 atom stereocenters. The summed E-state index contributed by atoms with van der Waals surface area (Å²) >= 11 is 13.0. The molecule has 0 radical (unpaired) electrons. The molecule has 4 rings (SSSR count). The third kappa shape index (κ3) is 8.55. The van der Waals surface area contributed by atoms with Crippen molar-refractivity contribution in [3.8, 4) is 11.5 Å². The average molecular weight is 649 g/mol. The van der Waals surface area contributed by atoms with E-state index in [2.05, 4.69) is 5.32 Å². The quantitative estimate of drug-likeness (QED) is 0.277. The SMILES string of the molecule is CCNC(=O)[C@H](Cc1ccccc1)N(Cc1c(Cl)cccc1Cl)C(=O)CCCN(c1ccc2c(c1)OCCO2)S(C)(=O)=O. The number of likely N-dealkylation sites (N-methyl/N-ethyl adjacent to an activating group) is 1. The number of carbonyl (C=O) groups excluding carboxylic acids is 2. The lowest BCUT2D eigenvalue weighted by Crippen LogP contribution is -2.50. The summed E-state index contributed by atoms with van der Waals surface area (Å²) in [5.41, 5.74) is 1.81. The van der Waals surface area contributed by atoms with E-state index in [0.717, 1.165) is 11.8 Å². The first-order chi connectivity index (χ1) is 20.6. The molecule has 1 aliphatic rings. The number of nitrogens with zero attached hydrogens (tertiary/aromatic N) is 2. The highest BCUT2D eigenvalue weighted by molar-refractivity contribution is 7.92. The number of carbonyl (C=O) groups is 2. The molecule has 9 nitrogen and oxygen atoms in total. The molecule has 1 N–H and O–H groups in total. The zero-order valence-electron chi connectivity index (χ0n) is 24.1. The van der Waals surface area contributed by atoms with Gasteiger partial charge in [0.1, 0.15) is 19.3 Å². The van der Waals surface area contributed by atoms with Crippen molar-refractivity contribution in [3.63, 3.8) is 0 Å². The van der Waals surface area contributed by atoms with E-state index in [1.807, 2.05) is 37.3 Å². The van der Waals surface area contributed by atoms with Crippen LogP contribution in [0.25, 0.3) is 0 Å². The first-order valence-corrected chi connectivity index (χ1v) is 16.6. The number of sulfonamides is 1. The van der Waals surface area contributed by atoms with E-state index in [1.54, 1.807) is 36.4 Å². The van der Waals surface area contributed by atoms with Crippen molar-refractivity contribution in [2.24, 2.45) is 0 Å². The number of hydrogen-bond acceptors (Lipinski definition) is 6. The molecule has 3 aromatic carbocycles. The largest absolute Gasteiger partial charge is 0.486 e. The molecular formula is C31H35Cl2N3O6S. The van der Waals surface area contributed by atoms with Gasteiger partial charge < -0.3 is 19.7 Å². The average Bonchev–Trinajstić information content (AvgIpc) is 2.98. The summed E-state index contributed by atoms with van der Waals surface area (Å²) in [5, 5.41) is 3.60. The van der Waals surface area contributed by atoms with Crippen LogP contribution >= 0.6 is 23.2 Å². The number of amides is 2. The maximum Gasteiger partial charge on any atom is 0.243 e. The minimum Gasteiger partial charge on any atom is -0.486 e. The van der Waals surface area contributed by atoms with Gasteiger partial charge in [-0.1, -0.05) is 59.6 Å². The molecule has 0 saturated heterocycles. The van der Waals surface area contributed by atoms with Crippen LogP contribution in [0.4, 0.5) is 5.69 Å². The Hall–Kier alpha value is -3.47. The Morgan fingerprint density at radius 2 is 1.63 bits per heavy atom. The summed E-state index contributed by atoms with van der Waals surface area (Å²) in [4.78, 5) is 28.8. The third-order valence-electron chi connectivity index (χ3n) is 6.98. The van der Waals surface area contributed by atoms with Gasteiger partial charge in [0.05, 0.1) is 11.9 Å². The highest BCUT2D eigenvalue weighted by atomic mass is 35.5. The molecule has 1 heterocycles.